The van der Waals surface area contributed by atoms with Crippen molar-refractivity contribution in [1.82, 2.24) is 4.31 Å². The number of nitrogens with zero attached hydrogens (tertiary/aromatic N) is 1. The molecule has 0 radical (unpaired) electrons. The minimum atomic E-state index is -3.29. The fraction of sp³-hybridized carbons (Fsp3) is 0.917. The fourth-order valence-electron chi connectivity index (χ4n) is 3.59. The second-order valence-corrected chi connectivity index (χ2v) is 9.37. The molecule has 4 atom stereocenters. The number of carbonyl (C=O) groups excluding carboxylic acids is 1. The van der Waals surface area contributed by atoms with Gasteiger partial charge >= 0.3 is 0 Å². The number of fused-ring (bicyclic) bond motifs is 2. The highest BCUT2D eigenvalue weighted by Crippen LogP contribution is 2.65. The molecule has 0 aromatic rings. The first kappa shape index (κ1) is 14.5. The van der Waals surface area contributed by atoms with Crippen molar-refractivity contribution in [3.63, 3.8) is 0 Å². The lowest BCUT2D eigenvalue weighted by Crippen LogP contribution is -2.43. The van der Waals surface area contributed by atoms with Gasteiger partial charge in [0, 0.05) is 19.5 Å². The monoisotopic (exact) mass is 337 g/mol. The van der Waals surface area contributed by atoms with Crippen molar-refractivity contribution in [2.45, 2.75) is 31.5 Å². The lowest BCUT2D eigenvalue weighted by molar-refractivity contribution is -0.127. The van der Waals surface area contributed by atoms with E-state index in [0.717, 1.165) is 12.8 Å². The van der Waals surface area contributed by atoms with E-state index >= 15 is 0 Å². The van der Waals surface area contributed by atoms with E-state index in [-0.39, 0.29) is 22.3 Å². The Kier molecular flexibility index (Phi) is 3.24. The lowest BCUT2D eigenvalue weighted by Gasteiger charge is -2.36. The van der Waals surface area contributed by atoms with E-state index < -0.39 is 20.9 Å². The zero-order valence-electron chi connectivity index (χ0n) is 11.2. The Morgan fingerprint density at radius 1 is 1.39 bits per heavy atom. The second-order valence-electron chi connectivity index (χ2n) is 6.20. The van der Waals surface area contributed by atoms with Crippen LogP contribution < -0.4 is 0 Å². The van der Waals surface area contributed by atoms with E-state index in [4.69, 9.17) is 0 Å². The van der Waals surface area contributed by atoms with Crippen molar-refractivity contribution in [3.05, 3.63) is 0 Å². The summed E-state index contributed by atoms with van der Waals surface area (Å²) in [4.78, 5) is 12.1. The molecule has 4 nitrogen and oxygen atoms in total. The van der Waals surface area contributed by atoms with Gasteiger partial charge in [0.15, 0.2) is 5.78 Å². The second kappa shape index (κ2) is 4.03. The Balaban J connectivity index is 2.42. The zero-order valence-corrected chi connectivity index (χ0v) is 13.6. The third kappa shape index (κ3) is 1.64. The summed E-state index contributed by atoms with van der Waals surface area (Å²) in [5.74, 6) is 0.363. The van der Waals surface area contributed by atoms with Crippen LogP contribution in [0.15, 0.2) is 0 Å². The average molecular weight is 338 g/mol. The van der Waals surface area contributed by atoms with E-state index in [0.29, 0.717) is 0 Å². The maximum absolute atomic E-state index is 12.3. The molecule has 0 aromatic heterocycles. The third-order valence-corrected chi connectivity index (χ3v) is 8.35. The maximum Gasteiger partial charge on any atom is 0.214 e. The molecule has 0 heterocycles. The Morgan fingerprint density at radius 3 is 2.33 bits per heavy atom. The summed E-state index contributed by atoms with van der Waals surface area (Å²) in [7, 11) is -0.197. The summed E-state index contributed by atoms with van der Waals surface area (Å²) in [6.45, 7) is 3.90. The normalized spacial score (nSPS) is 44.0. The van der Waals surface area contributed by atoms with Gasteiger partial charge in [-0.1, -0.05) is 29.8 Å². The van der Waals surface area contributed by atoms with Crippen molar-refractivity contribution in [2.24, 2.45) is 16.7 Å². The first-order valence-corrected chi connectivity index (χ1v) is 8.67. The van der Waals surface area contributed by atoms with Gasteiger partial charge in [0.25, 0.3) is 0 Å². The molecular formula is C12H20BrNO3S. The fourth-order valence-corrected chi connectivity index (χ4v) is 6.49. The smallest absolute Gasteiger partial charge is 0.214 e. The summed E-state index contributed by atoms with van der Waals surface area (Å²) in [5.41, 5.74) is -0.962. The quantitative estimate of drug-likeness (QED) is 0.735. The van der Waals surface area contributed by atoms with Crippen LogP contribution in [0.25, 0.3) is 0 Å². The number of hydrogen-bond acceptors (Lipinski definition) is 3. The highest BCUT2D eigenvalue weighted by atomic mass is 79.9. The summed E-state index contributed by atoms with van der Waals surface area (Å²) in [6, 6.07) is 0. The van der Waals surface area contributed by atoms with Gasteiger partial charge in [-0.2, -0.15) is 0 Å². The standard InChI is InChI=1S/C12H20BrNO3S/c1-11-6-5-8(9(13)10(11)15)12(11,2)7-18(16,17)14(3)4/h8-9H,5-7H2,1-4H3/t8-,9-,11+,12+/m1/s1. The van der Waals surface area contributed by atoms with E-state index in [1.54, 1.807) is 14.1 Å². The van der Waals surface area contributed by atoms with Gasteiger partial charge in [-0.3, -0.25) is 4.79 Å². The number of carbonyl (C=O) groups is 1. The van der Waals surface area contributed by atoms with Crippen LogP contribution in [-0.4, -0.2) is 43.2 Å². The van der Waals surface area contributed by atoms with Crippen molar-refractivity contribution in [3.8, 4) is 0 Å². The first-order valence-electron chi connectivity index (χ1n) is 6.15. The molecule has 2 saturated carbocycles. The van der Waals surface area contributed by atoms with Crippen LogP contribution in [-0.2, 0) is 14.8 Å². The molecule has 2 aliphatic carbocycles. The molecule has 6 heteroatoms. The Labute approximate surface area is 117 Å². The molecule has 2 fully saturated rings. The molecule has 2 aliphatic rings. The predicted octanol–water partition coefficient (Wildman–Crippen LogP) is 1.65. The minimum Gasteiger partial charge on any atom is -0.298 e. The molecule has 18 heavy (non-hydrogen) atoms. The van der Waals surface area contributed by atoms with Crippen LogP contribution in [0.1, 0.15) is 26.7 Å². The Hall–Kier alpha value is 0.0600. The molecule has 0 aliphatic heterocycles. The topological polar surface area (TPSA) is 54.5 Å². The van der Waals surface area contributed by atoms with Crippen LogP contribution >= 0.6 is 15.9 Å². The molecule has 0 saturated heterocycles. The molecule has 0 N–H and O–H groups in total. The van der Waals surface area contributed by atoms with E-state index in [1.807, 2.05) is 13.8 Å². The summed E-state index contributed by atoms with van der Waals surface area (Å²) in [6.07, 6.45) is 1.73. The molecule has 0 aromatic carbocycles. The van der Waals surface area contributed by atoms with Gasteiger partial charge in [0.05, 0.1) is 10.6 Å². The van der Waals surface area contributed by atoms with Gasteiger partial charge in [-0.25, -0.2) is 12.7 Å². The van der Waals surface area contributed by atoms with Crippen molar-refractivity contribution < 1.29 is 13.2 Å². The maximum atomic E-state index is 12.3. The number of rotatable bonds is 3. The summed E-state index contributed by atoms with van der Waals surface area (Å²) in [5, 5.41) is 0. The van der Waals surface area contributed by atoms with Gasteiger partial charge < -0.3 is 0 Å². The number of ketones is 1. The molecule has 0 amide bonds. The Bertz CT molecular complexity index is 490. The van der Waals surface area contributed by atoms with Crippen molar-refractivity contribution in [2.75, 3.05) is 19.8 Å². The largest absolute Gasteiger partial charge is 0.298 e. The van der Waals surface area contributed by atoms with E-state index in [2.05, 4.69) is 15.9 Å². The van der Waals surface area contributed by atoms with Gasteiger partial charge in [-0.05, 0) is 24.2 Å². The van der Waals surface area contributed by atoms with Crippen molar-refractivity contribution in [1.29, 1.82) is 0 Å². The number of sulfonamides is 1. The van der Waals surface area contributed by atoms with Crippen LogP contribution in [0.3, 0.4) is 0 Å². The Morgan fingerprint density at radius 2 is 1.94 bits per heavy atom. The van der Waals surface area contributed by atoms with Crippen molar-refractivity contribution >= 4 is 31.7 Å². The first-order chi connectivity index (χ1) is 8.06. The zero-order chi connectivity index (χ0) is 13.9. The molecule has 0 spiro atoms. The van der Waals surface area contributed by atoms with Gasteiger partial charge in [0.1, 0.15) is 0 Å². The van der Waals surface area contributed by atoms with Crippen LogP contribution in [0.4, 0.5) is 0 Å². The molecule has 0 unspecified atom stereocenters. The summed E-state index contributed by atoms with van der Waals surface area (Å²) < 4.78 is 25.6. The number of Topliss-reactive ketones (excluding diaryl/α,β-unsaturated/α-hetero) is 1. The number of alkyl halides is 1. The van der Waals surface area contributed by atoms with Gasteiger partial charge in [-0.15, -0.1) is 0 Å². The number of halogens is 1. The van der Waals surface area contributed by atoms with Crippen LogP contribution in [0.5, 0.6) is 0 Å². The minimum absolute atomic E-state index is 0.0575. The van der Waals surface area contributed by atoms with Crippen LogP contribution in [0.2, 0.25) is 0 Å². The van der Waals surface area contributed by atoms with Crippen LogP contribution in [0, 0.1) is 16.7 Å². The number of hydrogen-bond donors (Lipinski definition) is 0. The molecule has 2 rings (SSSR count). The van der Waals surface area contributed by atoms with E-state index in [9.17, 15) is 13.2 Å². The van der Waals surface area contributed by atoms with E-state index in [1.165, 1.54) is 4.31 Å². The predicted molar refractivity (Wildman–Crippen MR) is 74.1 cm³/mol. The molecular weight excluding hydrogens is 318 g/mol. The lowest BCUT2D eigenvalue weighted by atomic mass is 9.70. The highest BCUT2D eigenvalue weighted by Gasteiger charge is 2.68. The molecule has 104 valence electrons. The third-order valence-electron chi connectivity index (χ3n) is 5.22. The highest BCUT2D eigenvalue weighted by molar-refractivity contribution is 9.10. The molecule has 2 bridgehead atoms. The van der Waals surface area contributed by atoms with Gasteiger partial charge in [0.2, 0.25) is 10.0 Å². The average Bonchev–Trinajstić information content (AvgIpc) is 2.54. The summed E-state index contributed by atoms with van der Waals surface area (Å²) >= 11 is 3.46. The SMILES string of the molecule is CN(C)S(=O)(=O)C[C@@]1(C)[C@@H]2CC[C@@]1(C)C(=O)[C@@H]2Br.